The highest BCUT2D eigenvalue weighted by atomic mass is 16.5. The second kappa shape index (κ2) is 7.90. The van der Waals surface area contributed by atoms with Crippen molar-refractivity contribution in [1.29, 1.82) is 0 Å². The van der Waals surface area contributed by atoms with Crippen LogP contribution in [-0.2, 0) is 4.74 Å². The predicted molar refractivity (Wildman–Crippen MR) is 72.6 cm³/mol. The molecule has 0 aliphatic rings. The molecule has 0 fully saturated rings. The second-order valence-corrected chi connectivity index (χ2v) is 4.00. The maximum Gasteiger partial charge on any atom is 0.127 e. The van der Waals surface area contributed by atoms with Crippen molar-refractivity contribution in [1.82, 2.24) is 4.98 Å². The van der Waals surface area contributed by atoms with Crippen molar-refractivity contribution >= 4 is 11.5 Å². The monoisotopic (exact) mass is 237 g/mol. The van der Waals surface area contributed by atoms with Crippen LogP contribution in [0.25, 0.3) is 0 Å². The first-order chi connectivity index (χ1) is 8.26. The summed E-state index contributed by atoms with van der Waals surface area (Å²) in [6.45, 7) is 8.72. The number of nitrogens with one attached hydrogen (secondary N) is 2. The molecule has 0 aromatic carbocycles. The summed E-state index contributed by atoms with van der Waals surface area (Å²) in [6.07, 6.45) is 3.13. The van der Waals surface area contributed by atoms with Crippen LogP contribution in [0.3, 0.4) is 0 Å². The first-order valence-corrected chi connectivity index (χ1v) is 6.31. The van der Waals surface area contributed by atoms with E-state index < -0.39 is 0 Å². The van der Waals surface area contributed by atoms with Gasteiger partial charge in [-0.25, -0.2) is 4.98 Å². The lowest BCUT2D eigenvalue weighted by Gasteiger charge is -2.14. The summed E-state index contributed by atoms with van der Waals surface area (Å²) in [6, 6.07) is 3.99. The Kier molecular flexibility index (Phi) is 6.40. The van der Waals surface area contributed by atoms with E-state index in [9.17, 15) is 0 Å². The van der Waals surface area contributed by atoms with Gasteiger partial charge in [0.2, 0.25) is 0 Å². The third-order valence-corrected chi connectivity index (χ3v) is 2.36. The van der Waals surface area contributed by atoms with Gasteiger partial charge in [-0.2, -0.15) is 0 Å². The van der Waals surface area contributed by atoms with Crippen LogP contribution in [0.1, 0.15) is 27.2 Å². The summed E-state index contributed by atoms with van der Waals surface area (Å²) < 4.78 is 5.46. The van der Waals surface area contributed by atoms with Gasteiger partial charge in [-0.05, 0) is 26.3 Å². The first-order valence-electron chi connectivity index (χ1n) is 6.31. The third kappa shape index (κ3) is 5.54. The van der Waals surface area contributed by atoms with Crippen LogP contribution < -0.4 is 10.6 Å². The lowest BCUT2D eigenvalue weighted by molar-refractivity contribution is 0.0855. The Bertz CT molecular complexity index is 317. The molecule has 4 nitrogen and oxygen atoms in total. The van der Waals surface area contributed by atoms with E-state index in [-0.39, 0.29) is 6.10 Å². The number of hydrogen-bond acceptors (Lipinski definition) is 4. The van der Waals surface area contributed by atoms with E-state index in [0.717, 1.165) is 37.6 Å². The zero-order valence-electron chi connectivity index (χ0n) is 11.0. The highest BCUT2D eigenvalue weighted by molar-refractivity contribution is 5.51. The van der Waals surface area contributed by atoms with Crippen LogP contribution in [-0.4, -0.2) is 30.8 Å². The molecule has 1 aromatic rings. The number of aromatic nitrogens is 1. The number of pyridine rings is 1. The zero-order valence-corrected chi connectivity index (χ0v) is 11.0. The van der Waals surface area contributed by atoms with Gasteiger partial charge in [0.05, 0.1) is 6.10 Å². The Morgan fingerprint density at radius 1 is 1.35 bits per heavy atom. The van der Waals surface area contributed by atoms with Crippen LogP contribution in [0, 0.1) is 0 Å². The summed E-state index contributed by atoms with van der Waals surface area (Å²) in [7, 11) is 0. The zero-order chi connectivity index (χ0) is 12.5. The van der Waals surface area contributed by atoms with Gasteiger partial charge in [-0.1, -0.05) is 6.92 Å². The molecule has 0 spiro atoms. The van der Waals surface area contributed by atoms with Gasteiger partial charge in [0.25, 0.3) is 0 Å². The Morgan fingerprint density at radius 3 is 2.88 bits per heavy atom. The molecule has 1 atom stereocenters. The van der Waals surface area contributed by atoms with Gasteiger partial charge in [-0.3, -0.25) is 0 Å². The molecular formula is C13H23N3O. The second-order valence-electron chi connectivity index (χ2n) is 4.00. The Balaban J connectivity index is 2.42. The maximum atomic E-state index is 5.46. The van der Waals surface area contributed by atoms with Crippen molar-refractivity contribution in [2.24, 2.45) is 0 Å². The standard InChI is InChI=1S/C13H23N3O/c1-4-7-14-13-9-12(6-8-15-13)16-10-11(3)17-5-2/h6,8-9,11H,4-5,7,10H2,1-3H3,(H2,14,15,16). The average Bonchev–Trinajstić information content (AvgIpc) is 2.35. The normalized spacial score (nSPS) is 12.2. The highest BCUT2D eigenvalue weighted by Gasteiger charge is 2.01. The van der Waals surface area contributed by atoms with E-state index in [0.29, 0.717) is 0 Å². The molecule has 0 aliphatic carbocycles. The molecule has 0 amide bonds. The van der Waals surface area contributed by atoms with Gasteiger partial charge < -0.3 is 15.4 Å². The number of rotatable bonds is 8. The van der Waals surface area contributed by atoms with Crippen molar-refractivity contribution < 1.29 is 4.74 Å². The van der Waals surface area contributed by atoms with Crippen LogP contribution in [0.15, 0.2) is 18.3 Å². The largest absolute Gasteiger partial charge is 0.382 e. The van der Waals surface area contributed by atoms with Crippen molar-refractivity contribution in [3.8, 4) is 0 Å². The molecule has 2 N–H and O–H groups in total. The number of hydrogen-bond donors (Lipinski definition) is 2. The fourth-order valence-corrected chi connectivity index (χ4v) is 1.50. The van der Waals surface area contributed by atoms with Crippen LogP contribution in [0.2, 0.25) is 0 Å². The van der Waals surface area contributed by atoms with E-state index in [1.54, 1.807) is 0 Å². The topological polar surface area (TPSA) is 46.2 Å². The minimum atomic E-state index is 0.222. The SMILES string of the molecule is CCCNc1cc(NCC(C)OCC)ccn1. The molecule has 4 heteroatoms. The third-order valence-electron chi connectivity index (χ3n) is 2.36. The number of nitrogens with zero attached hydrogens (tertiary/aromatic N) is 1. The Labute approximate surface area is 104 Å². The first kappa shape index (κ1) is 13.8. The van der Waals surface area contributed by atoms with Gasteiger partial charge in [0, 0.05) is 37.6 Å². The van der Waals surface area contributed by atoms with Crippen molar-refractivity contribution in [3.63, 3.8) is 0 Å². The molecule has 0 aliphatic heterocycles. The van der Waals surface area contributed by atoms with E-state index in [1.807, 2.05) is 25.3 Å². The molecule has 0 saturated heterocycles. The van der Waals surface area contributed by atoms with Gasteiger partial charge in [0.1, 0.15) is 5.82 Å². The van der Waals surface area contributed by atoms with Gasteiger partial charge in [0.15, 0.2) is 0 Å². The van der Waals surface area contributed by atoms with Crippen molar-refractivity contribution in [3.05, 3.63) is 18.3 Å². The molecule has 1 rings (SSSR count). The molecular weight excluding hydrogens is 214 g/mol. The summed E-state index contributed by atoms with van der Waals surface area (Å²) in [5.74, 6) is 0.918. The minimum absolute atomic E-state index is 0.222. The Hall–Kier alpha value is -1.29. The molecule has 1 aromatic heterocycles. The summed E-state index contributed by atoms with van der Waals surface area (Å²) >= 11 is 0. The average molecular weight is 237 g/mol. The molecule has 0 radical (unpaired) electrons. The van der Waals surface area contributed by atoms with Crippen LogP contribution >= 0.6 is 0 Å². The van der Waals surface area contributed by atoms with E-state index in [1.165, 1.54) is 0 Å². The predicted octanol–water partition coefficient (Wildman–Crippen LogP) is 2.74. The molecule has 0 saturated carbocycles. The fraction of sp³-hybridized carbons (Fsp3) is 0.615. The molecule has 1 heterocycles. The number of ether oxygens (including phenoxy) is 1. The van der Waals surface area contributed by atoms with E-state index in [4.69, 9.17) is 4.74 Å². The lowest BCUT2D eigenvalue weighted by Crippen LogP contribution is -2.19. The van der Waals surface area contributed by atoms with Gasteiger partial charge >= 0.3 is 0 Å². The molecule has 0 bridgehead atoms. The van der Waals surface area contributed by atoms with Crippen molar-refractivity contribution in [2.75, 3.05) is 30.3 Å². The van der Waals surface area contributed by atoms with E-state index in [2.05, 4.69) is 29.5 Å². The summed E-state index contributed by atoms with van der Waals surface area (Å²) in [5.41, 5.74) is 1.07. The molecule has 96 valence electrons. The number of anilines is 2. The summed E-state index contributed by atoms with van der Waals surface area (Å²) in [4.78, 5) is 4.26. The highest BCUT2D eigenvalue weighted by Crippen LogP contribution is 2.12. The molecule has 1 unspecified atom stereocenters. The minimum Gasteiger partial charge on any atom is -0.382 e. The molecule has 17 heavy (non-hydrogen) atoms. The Morgan fingerprint density at radius 2 is 2.18 bits per heavy atom. The smallest absolute Gasteiger partial charge is 0.127 e. The summed E-state index contributed by atoms with van der Waals surface area (Å²) in [5, 5.41) is 6.61. The quantitative estimate of drug-likeness (QED) is 0.730. The van der Waals surface area contributed by atoms with E-state index >= 15 is 0 Å². The van der Waals surface area contributed by atoms with Crippen LogP contribution in [0.4, 0.5) is 11.5 Å². The lowest BCUT2D eigenvalue weighted by atomic mass is 10.3. The van der Waals surface area contributed by atoms with Crippen molar-refractivity contribution in [2.45, 2.75) is 33.3 Å². The van der Waals surface area contributed by atoms with Crippen LogP contribution in [0.5, 0.6) is 0 Å². The maximum absolute atomic E-state index is 5.46. The fourth-order valence-electron chi connectivity index (χ4n) is 1.50. The van der Waals surface area contributed by atoms with Gasteiger partial charge in [-0.15, -0.1) is 0 Å².